The number of hydrogen-bond acceptors (Lipinski definition) is 3. The quantitative estimate of drug-likeness (QED) is 0.714. The Kier molecular flexibility index (Phi) is 2.63. The molecule has 1 N–H and O–H groups in total. The average Bonchev–Trinajstić information content (AvgIpc) is 2.16. The second-order valence-electron chi connectivity index (χ2n) is 2.73. The van der Waals surface area contributed by atoms with E-state index in [4.69, 9.17) is 10.4 Å². The molecule has 0 bridgehead atoms. The minimum atomic E-state index is -1.20. The van der Waals surface area contributed by atoms with Gasteiger partial charge in [0.2, 0.25) is 0 Å². The third-order valence-corrected chi connectivity index (χ3v) is 1.76. The third kappa shape index (κ3) is 1.77. The van der Waals surface area contributed by atoms with E-state index in [1.165, 1.54) is 25.1 Å². The van der Waals surface area contributed by atoms with Crippen LogP contribution in [0.3, 0.4) is 0 Å². The molecule has 0 aliphatic rings. The second-order valence-corrected chi connectivity index (χ2v) is 2.73. The number of carbonyl (C=O) groups excluding carboxylic acids is 1. The van der Waals surface area contributed by atoms with Crippen molar-refractivity contribution in [3.8, 4) is 6.07 Å². The summed E-state index contributed by atoms with van der Waals surface area (Å²) in [4.78, 5) is 21.8. The Hall–Kier alpha value is -2.15. The summed E-state index contributed by atoms with van der Waals surface area (Å²) in [5.41, 5.74) is 0.223. The molecule has 0 heterocycles. The number of aromatic carboxylic acids is 1. The monoisotopic (exact) mass is 189 g/mol. The third-order valence-electron chi connectivity index (χ3n) is 1.76. The first-order chi connectivity index (χ1) is 6.56. The molecule has 4 nitrogen and oxygen atoms in total. The molecule has 1 aromatic carbocycles. The van der Waals surface area contributed by atoms with Gasteiger partial charge < -0.3 is 5.11 Å². The number of nitriles is 1. The van der Waals surface area contributed by atoms with Crippen LogP contribution in [0.4, 0.5) is 0 Å². The average molecular weight is 189 g/mol. The van der Waals surface area contributed by atoms with Crippen LogP contribution in [0.5, 0.6) is 0 Å². The van der Waals surface area contributed by atoms with Gasteiger partial charge in [-0.2, -0.15) is 5.26 Å². The van der Waals surface area contributed by atoms with Crippen molar-refractivity contribution in [1.29, 1.82) is 5.26 Å². The normalized spacial score (nSPS) is 9.14. The Morgan fingerprint density at radius 2 is 2.00 bits per heavy atom. The van der Waals surface area contributed by atoms with E-state index in [2.05, 4.69) is 0 Å². The van der Waals surface area contributed by atoms with Gasteiger partial charge in [-0.1, -0.05) is 0 Å². The zero-order chi connectivity index (χ0) is 10.7. The molecule has 4 heteroatoms. The maximum absolute atomic E-state index is 11.0. The first kappa shape index (κ1) is 9.93. The van der Waals surface area contributed by atoms with Crippen molar-refractivity contribution >= 4 is 11.8 Å². The summed E-state index contributed by atoms with van der Waals surface area (Å²) in [7, 11) is 0. The van der Waals surface area contributed by atoms with Crippen molar-refractivity contribution in [2.75, 3.05) is 0 Å². The van der Waals surface area contributed by atoms with Gasteiger partial charge in [-0.25, -0.2) is 4.79 Å². The molecule has 0 spiro atoms. The highest BCUT2D eigenvalue weighted by atomic mass is 16.4. The lowest BCUT2D eigenvalue weighted by atomic mass is 10.0. The van der Waals surface area contributed by atoms with Gasteiger partial charge in [-0.05, 0) is 25.1 Å². The van der Waals surface area contributed by atoms with Gasteiger partial charge >= 0.3 is 5.97 Å². The summed E-state index contributed by atoms with van der Waals surface area (Å²) >= 11 is 0. The Labute approximate surface area is 80.4 Å². The predicted octanol–water partition coefficient (Wildman–Crippen LogP) is 1.46. The van der Waals surface area contributed by atoms with Gasteiger partial charge in [-0.3, -0.25) is 4.79 Å². The van der Waals surface area contributed by atoms with E-state index in [1.54, 1.807) is 0 Å². The molecule has 1 aromatic rings. The van der Waals surface area contributed by atoms with Gasteiger partial charge in [0.15, 0.2) is 5.78 Å². The van der Waals surface area contributed by atoms with Crippen LogP contribution >= 0.6 is 0 Å². The number of carbonyl (C=O) groups is 2. The molecular weight excluding hydrogens is 182 g/mol. The van der Waals surface area contributed by atoms with Crippen LogP contribution in [0.2, 0.25) is 0 Å². The van der Waals surface area contributed by atoms with Crippen molar-refractivity contribution in [3.05, 3.63) is 34.9 Å². The number of benzene rings is 1. The van der Waals surface area contributed by atoms with Crippen molar-refractivity contribution in [3.63, 3.8) is 0 Å². The highest BCUT2D eigenvalue weighted by Gasteiger charge is 2.13. The van der Waals surface area contributed by atoms with Crippen LogP contribution in [0, 0.1) is 11.3 Å². The summed E-state index contributed by atoms with van der Waals surface area (Å²) in [5, 5.41) is 17.3. The van der Waals surface area contributed by atoms with Crippen LogP contribution in [0.1, 0.15) is 33.2 Å². The summed E-state index contributed by atoms with van der Waals surface area (Å²) in [5.74, 6) is -1.53. The highest BCUT2D eigenvalue weighted by molar-refractivity contribution is 6.04. The molecule has 14 heavy (non-hydrogen) atoms. The van der Waals surface area contributed by atoms with Crippen LogP contribution in [-0.4, -0.2) is 16.9 Å². The van der Waals surface area contributed by atoms with E-state index in [-0.39, 0.29) is 22.5 Å². The minimum Gasteiger partial charge on any atom is -0.478 e. The van der Waals surface area contributed by atoms with E-state index in [1.807, 2.05) is 6.07 Å². The maximum Gasteiger partial charge on any atom is 0.336 e. The SMILES string of the molecule is CC(=O)c1ccc(C#N)cc1C(=O)O. The Morgan fingerprint density at radius 1 is 1.36 bits per heavy atom. The number of rotatable bonds is 2. The van der Waals surface area contributed by atoms with Gasteiger partial charge in [0.1, 0.15) is 0 Å². The second kappa shape index (κ2) is 3.71. The van der Waals surface area contributed by atoms with Gasteiger partial charge in [0.25, 0.3) is 0 Å². The standard InChI is InChI=1S/C10H7NO3/c1-6(12)8-3-2-7(5-11)4-9(8)10(13)14/h2-4H,1H3,(H,13,14). The summed E-state index contributed by atoms with van der Waals surface area (Å²) in [6.07, 6.45) is 0. The van der Waals surface area contributed by atoms with Crippen LogP contribution < -0.4 is 0 Å². The Bertz CT molecular complexity index is 443. The molecule has 0 radical (unpaired) electrons. The maximum atomic E-state index is 11.0. The predicted molar refractivity (Wildman–Crippen MR) is 48.1 cm³/mol. The first-order valence-electron chi connectivity index (χ1n) is 3.84. The molecular formula is C10H7NO3. The smallest absolute Gasteiger partial charge is 0.336 e. The molecule has 0 aliphatic carbocycles. The number of ketones is 1. The lowest BCUT2D eigenvalue weighted by molar-refractivity contribution is 0.0692. The van der Waals surface area contributed by atoms with Crippen molar-refractivity contribution in [1.82, 2.24) is 0 Å². The topological polar surface area (TPSA) is 78.2 Å². The lowest BCUT2D eigenvalue weighted by Gasteiger charge is -2.01. The molecule has 0 aromatic heterocycles. The number of nitrogens with zero attached hydrogens (tertiary/aromatic N) is 1. The van der Waals surface area contributed by atoms with Gasteiger partial charge in [0.05, 0.1) is 17.2 Å². The fourth-order valence-corrected chi connectivity index (χ4v) is 1.10. The first-order valence-corrected chi connectivity index (χ1v) is 3.84. The summed E-state index contributed by atoms with van der Waals surface area (Å²) < 4.78 is 0. The van der Waals surface area contributed by atoms with E-state index in [0.717, 1.165) is 0 Å². The van der Waals surface area contributed by atoms with Gasteiger partial charge in [0, 0.05) is 5.56 Å². The molecule has 0 aliphatic heterocycles. The van der Waals surface area contributed by atoms with E-state index in [9.17, 15) is 9.59 Å². The van der Waals surface area contributed by atoms with E-state index in [0.29, 0.717) is 0 Å². The Morgan fingerprint density at radius 3 is 2.43 bits per heavy atom. The number of carboxylic acids is 1. The van der Waals surface area contributed by atoms with Crippen LogP contribution in [-0.2, 0) is 0 Å². The van der Waals surface area contributed by atoms with E-state index < -0.39 is 5.97 Å². The minimum absolute atomic E-state index is 0.122. The fraction of sp³-hybridized carbons (Fsp3) is 0.100. The van der Waals surface area contributed by atoms with Crippen LogP contribution in [0.25, 0.3) is 0 Å². The van der Waals surface area contributed by atoms with E-state index >= 15 is 0 Å². The van der Waals surface area contributed by atoms with Crippen molar-refractivity contribution in [2.24, 2.45) is 0 Å². The molecule has 0 saturated carbocycles. The van der Waals surface area contributed by atoms with Crippen molar-refractivity contribution < 1.29 is 14.7 Å². The number of Topliss-reactive ketones (excluding diaryl/α,β-unsaturated/α-hetero) is 1. The molecule has 0 unspecified atom stereocenters. The number of hydrogen-bond donors (Lipinski definition) is 1. The summed E-state index contributed by atoms with van der Waals surface area (Å²) in [6.45, 7) is 1.29. The fourth-order valence-electron chi connectivity index (χ4n) is 1.10. The molecule has 1 rings (SSSR count). The lowest BCUT2D eigenvalue weighted by Crippen LogP contribution is -2.06. The molecule has 0 fully saturated rings. The number of carboxylic acid groups (broad SMARTS) is 1. The molecule has 0 atom stereocenters. The largest absolute Gasteiger partial charge is 0.478 e. The van der Waals surface area contributed by atoms with Gasteiger partial charge in [-0.15, -0.1) is 0 Å². The molecule has 70 valence electrons. The molecule has 0 saturated heterocycles. The Balaban J connectivity index is 3.40. The molecule has 0 amide bonds. The van der Waals surface area contributed by atoms with Crippen LogP contribution in [0.15, 0.2) is 18.2 Å². The zero-order valence-electron chi connectivity index (χ0n) is 7.44. The zero-order valence-corrected chi connectivity index (χ0v) is 7.44. The highest BCUT2D eigenvalue weighted by Crippen LogP contribution is 2.12. The summed E-state index contributed by atoms with van der Waals surface area (Å²) in [6, 6.07) is 5.78. The van der Waals surface area contributed by atoms with Crippen molar-refractivity contribution in [2.45, 2.75) is 6.92 Å².